The van der Waals surface area contributed by atoms with Crippen LogP contribution in [0.15, 0.2) is 243 Å². The van der Waals surface area contributed by atoms with Gasteiger partial charge in [-0.25, -0.2) is 0 Å². The highest BCUT2D eigenvalue weighted by Crippen LogP contribution is 2.36. The Bertz CT molecular complexity index is 2410. The first-order chi connectivity index (χ1) is 29.7. The van der Waals surface area contributed by atoms with Gasteiger partial charge in [0.15, 0.2) is 0 Å². The molecule has 0 bridgehead atoms. The number of para-hydroxylation sites is 4. The van der Waals surface area contributed by atoms with Gasteiger partial charge < -0.3 is 20.4 Å². The highest BCUT2D eigenvalue weighted by Gasteiger charge is 2.13. The van der Waals surface area contributed by atoms with Crippen LogP contribution in [0.3, 0.4) is 0 Å². The monoisotopic (exact) mass is 774 g/mol. The Morgan fingerprint density at radius 1 is 0.217 bits per heavy atom. The second-order valence-corrected chi connectivity index (χ2v) is 14.9. The minimum Gasteiger partial charge on any atom is -0.356 e. The number of anilines is 10. The molecule has 0 spiro atoms. The fourth-order valence-electron chi connectivity index (χ4n) is 7.58. The van der Waals surface area contributed by atoms with Gasteiger partial charge in [0.05, 0.1) is 0 Å². The lowest BCUT2D eigenvalue weighted by Gasteiger charge is -2.25. The predicted octanol–water partition coefficient (Wildman–Crippen LogP) is 15.3. The van der Waals surface area contributed by atoms with Crippen LogP contribution in [0, 0.1) is 0 Å². The zero-order chi connectivity index (χ0) is 40.4. The van der Waals surface area contributed by atoms with E-state index in [2.05, 4.69) is 251 Å². The maximum absolute atomic E-state index is 3.58. The van der Waals surface area contributed by atoms with Gasteiger partial charge in [0.1, 0.15) is 0 Å². The van der Waals surface area contributed by atoms with E-state index in [0.717, 1.165) is 69.7 Å². The minimum absolute atomic E-state index is 0.871. The van der Waals surface area contributed by atoms with E-state index in [1.807, 2.05) is 12.1 Å². The largest absolute Gasteiger partial charge is 0.356 e. The van der Waals surface area contributed by atoms with Crippen LogP contribution >= 0.6 is 0 Å². The van der Waals surface area contributed by atoms with Crippen molar-refractivity contribution in [3.8, 4) is 0 Å². The van der Waals surface area contributed by atoms with Crippen LogP contribution < -0.4 is 20.4 Å². The normalized spacial score (nSPS) is 10.8. The molecule has 0 aromatic heterocycles. The van der Waals surface area contributed by atoms with Gasteiger partial charge in [0, 0.05) is 56.9 Å². The van der Waals surface area contributed by atoms with Gasteiger partial charge in [-0.2, -0.15) is 0 Å². The molecule has 9 aromatic carbocycles. The van der Waals surface area contributed by atoms with E-state index < -0.39 is 0 Å². The Balaban J connectivity index is 0.775. The van der Waals surface area contributed by atoms with Crippen molar-refractivity contribution in [2.75, 3.05) is 20.4 Å². The first-order valence-corrected chi connectivity index (χ1v) is 20.5. The third-order valence-electron chi connectivity index (χ3n) is 10.6. The van der Waals surface area contributed by atoms with Crippen LogP contribution in [0.5, 0.6) is 0 Å². The van der Waals surface area contributed by atoms with Crippen LogP contribution in [-0.4, -0.2) is 0 Å². The summed E-state index contributed by atoms with van der Waals surface area (Å²) in [6.45, 7) is 0. The van der Waals surface area contributed by atoms with Gasteiger partial charge in [0.25, 0.3) is 0 Å². The summed E-state index contributed by atoms with van der Waals surface area (Å²) in [6, 6.07) is 85.7. The molecule has 4 nitrogen and oxygen atoms in total. The zero-order valence-electron chi connectivity index (χ0n) is 33.4. The molecule has 0 aliphatic rings. The van der Waals surface area contributed by atoms with Crippen molar-refractivity contribution < 1.29 is 0 Å². The summed E-state index contributed by atoms with van der Waals surface area (Å²) in [5, 5.41) is 7.15. The quantitative estimate of drug-likeness (QED) is 0.115. The van der Waals surface area contributed by atoms with Gasteiger partial charge >= 0.3 is 0 Å². The van der Waals surface area contributed by atoms with Crippen LogP contribution in [0.1, 0.15) is 22.3 Å². The van der Waals surface area contributed by atoms with Gasteiger partial charge in [-0.3, -0.25) is 0 Å². The van der Waals surface area contributed by atoms with E-state index in [1.54, 1.807) is 0 Å². The number of nitrogens with zero attached hydrogens (tertiary/aromatic N) is 2. The maximum atomic E-state index is 3.58. The molecule has 4 heteroatoms. The maximum Gasteiger partial charge on any atom is 0.0463 e. The molecule has 0 saturated carbocycles. The third kappa shape index (κ3) is 9.31. The second-order valence-electron chi connectivity index (χ2n) is 14.9. The Morgan fingerprint density at radius 3 is 0.683 bits per heavy atom. The van der Waals surface area contributed by atoms with Crippen LogP contribution in [0.2, 0.25) is 0 Å². The summed E-state index contributed by atoms with van der Waals surface area (Å²) < 4.78 is 0. The molecule has 0 saturated heterocycles. The molecule has 2 N–H and O–H groups in total. The Labute approximate surface area is 353 Å². The molecule has 0 heterocycles. The first-order valence-electron chi connectivity index (χ1n) is 20.5. The standard InChI is InChI=1S/C56H46N4/c1-5-13-51(14-6-1)59(52-15-7-2-8-16-52)55-37-27-46(28-38-55)42-45-25-31-48(32-26-45)57-47-29-21-43(22-30-47)41-44-23-33-49(34-24-44)58-50-35-39-56(40-36-50)60(53-17-9-3-10-18-53)54-19-11-4-12-20-54/h1-40,57-58H,41-42H2. The van der Waals surface area contributed by atoms with Gasteiger partial charge in [-0.15, -0.1) is 0 Å². The molecule has 0 atom stereocenters. The average molecular weight is 775 g/mol. The van der Waals surface area contributed by atoms with Crippen molar-refractivity contribution in [3.63, 3.8) is 0 Å². The SMILES string of the molecule is c1ccc(N(c2ccccc2)c2ccc(Cc3ccc(Nc4ccc(Cc5ccc(Nc6ccc(N(c7ccccc7)c7ccccc7)cc6)cc5)cc4)cc3)cc2)cc1. The van der Waals surface area contributed by atoms with Crippen LogP contribution in [0.4, 0.5) is 56.9 Å². The van der Waals surface area contributed by atoms with E-state index >= 15 is 0 Å². The summed E-state index contributed by atoms with van der Waals surface area (Å²) in [5.41, 5.74) is 16.1. The summed E-state index contributed by atoms with van der Waals surface area (Å²) in [4.78, 5) is 4.56. The second kappa shape index (κ2) is 18.2. The predicted molar refractivity (Wildman–Crippen MR) is 254 cm³/mol. The van der Waals surface area contributed by atoms with Crippen molar-refractivity contribution in [1.29, 1.82) is 0 Å². The number of hydrogen-bond donors (Lipinski definition) is 2. The third-order valence-corrected chi connectivity index (χ3v) is 10.6. The number of hydrogen-bond acceptors (Lipinski definition) is 4. The minimum atomic E-state index is 0.871. The highest BCUT2D eigenvalue weighted by molar-refractivity contribution is 5.78. The molecule has 0 aliphatic carbocycles. The molecule has 0 fully saturated rings. The van der Waals surface area contributed by atoms with Gasteiger partial charge in [-0.05, 0) is 156 Å². The molecule has 0 amide bonds. The zero-order valence-corrected chi connectivity index (χ0v) is 33.4. The molecule has 9 rings (SSSR count). The lowest BCUT2D eigenvalue weighted by atomic mass is 10.0. The topological polar surface area (TPSA) is 30.5 Å². The van der Waals surface area contributed by atoms with Gasteiger partial charge in [0.2, 0.25) is 0 Å². The van der Waals surface area contributed by atoms with E-state index in [0.29, 0.717) is 0 Å². The molecule has 0 radical (unpaired) electrons. The van der Waals surface area contributed by atoms with Crippen LogP contribution in [0.25, 0.3) is 0 Å². The van der Waals surface area contributed by atoms with Crippen LogP contribution in [-0.2, 0) is 12.8 Å². The molecule has 290 valence electrons. The summed E-state index contributed by atoms with van der Waals surface area (Å²) in [6.07, 6.45) is 1.75. The number of rotatable bonds is 14. The first kappa shape index (κ1) is 37.7. The van der Waals surface area contributed by atoms with Crippen molar-refractivity contribution in [3.05, 3.63) is 265 Å². The fourth-order valence-corrected chi connectivity index (χ4v) is 7.58. The van der Waals surface area contributed by atoms with Gasteiger partial charge in [-0.1, -0.05) is 121 Å². The van der Waals surface area contributed by atoms with E-state index in [-0.39, 0.29) is 0 Å². The number of nitrogens with one attached hydrogen (secondary N) is 2. The smallest absolute Gasteiger partial charge is 0.0463 e. The summed E-state index contributed by atoms with van der Waals surface area (Å²) in [7, 11) is 0. The molecule has 0 unspecified atom stereocenters. The highest BCUT2D eigenvalue weighted by atomic mass is 15.1. The summed E-state index contributed by atoms with van der Waals surface area (Å²) in [5.74, 6) is 0. The molecule has 0 aliphatic heterocycles. The van der Waals surface area contributed by atoms with E-state index in [9.17, 15) is 0 Å². The van der Waals surface area contributed by atoms with E-state index in [4.69, 9.17) is 0 Å². The van der Waals surface area contributed by atoms with Crippen molar-refractivity contribution in [2.45, 2.75) is 12.8 Å². The van der Waals surface area contributed by atoms with Crippen molar-refractivity contribution in [1.82, 2.24) is 0 Å². The Hall–Kier alpha value is -7.82. The van der Waals surface area contributed by atoms with Crippen molar-refractivity contribution in [2.24, 2.45) is 0 Å². The molecule has 60 heavy (non-hydrogen) atoms. The Morgan fingerprint density at radius 2 is 0.417 bits per heavy atom. The molecular weight excluding hydrogens is 729 g/mol. The molecule has 9 aromatic rings. The lowest BCUT2D eigenvalue weighted by molar-refractivity contribution is 1.18. The lowest BCUT2D eigenvalue weighted by Crippen LogP contribution is -2.09. The number of benzene rings is 9. The molecular formula is C56H46N4. The fraction of sp³-hybridized carbons (Fsp3) is 0.0357. The van der Waals surface area contributed by atoms with E-state index in [1.165, 1.54) is 22.3 Å². The Kier molecular flexibility index (Phi) is 11.4. The summed E-state index contributed by atoms with van der Waals surface area (Å²) >= 11 is 0. The average Bonchev–Trinajstić information content (AvgIpc) is 3.31. The van der Waals surface area contributed by atoms with Crippen molar-refractivity contribution >= 4 is 56.9 Å².